The number of pyridine rings is 1. The van der Waals surface area contributed by atoms with E-state index in [1.54, 1.807) is 18.2 Å². The SMILES string of the molecule is COC1CN(C(=O)c2nc(NCc3cncc(F)c3)nc3ccsc23)C1. The first-order chi connectivity index (χ1) is 12.6. The molecule has 9 heteroatoms. The molecule has 0 radical (unpaired) electrons. The van der Waals surface area contributed by atoms with Crippen LogP contribution in [0.25, 0.3) is 10.2 Å². The molecule has 3 aromatic rings. The van der Waals surface area contributed by atoms with Gasteiger partial charge in [0.2, 0.25) is 5.95 Å². The van der Waals surface area contributed by atoms with Crippen LogP contribution in [0.3, 0.4) is 0 Å². The Morgan fingerprint density at radius 1 is 1.42 bits per heavy atom. The van der Waals surface area contributed by atoms with Crippen LogP contribution in [0.1, 0.15) is 16.1 Å². The molecule has 1 saturated heterocycles. The third-order valence-corrected chi connectivity index (χ3v) is 5.10. The maximum atomic E-state index is 13.2. The van der Waals surface area contributed by atoms with Gasteiger partial charge in [-0.3, -0.25) is 9.78 Å². The summed E-state index contributed by atoms with van der Waals surface area (Å²) in [6, 6.07) is 3.24. The summed E-state index contributed by atoms with van der Waals surface area (Å²) in [6.07, 6.45) is 2.79. The zero-order valence-electron chi connectivity index (χ0n) is 14.0. The Balaban J connectivity index is 1.57. The fourth-order valence-corrected chi connectivity index (χ4v) is 3.54. The van der Waals surface area contributed by atoms with Crippen molar-refractivity contribution in [3.63, 3.8) is 0 Å². The monoisotopic (exact) mass is 373 g/mol. The van der Waals surface area contributed by atoms with Gasteiger partial charge in [-0.15, -0.1) is 11.3 Å². The highest BCUT2D eigenvalue weighted by molar-refractivity contribution is 7.17. The number of ether oxygens (including phenoxy) is 1. The highest BCUT2D eigenvalue weighted by atomic mass is 32.1. The molecule has 1 amide bonds. The molecule has 0 aromatic carbocycles. The lowest BCUT2D eigenvalue weighted by molar-refractivity contribution is -0.0193. The zero-order valence-corrected chi connectivity index (χ0v) is 14.8. The van der Waals surface area contributed by atoms with Crippen LogP contribution in [0, 0.1) is 5.82 Å². The smallest absolute Gasteiger partial charge is 0.274 e. The molecule has 1 fully saturated rings. The van der Waals surface area contributed by atoms with Crippen LogP contribution in [0.5, 0.6) is 0 Å². The number of halogens is 1. The van der Waals surface area contributed by atoms with Gasteiger partial charge in [-0.1, -0.05) is 0 Å². The van der Waals surface area contributed by atoms with Crippen LogP contribution in [-0.2, 0) is 11.3 Å². The standard InChI is InChI=1S/C17H16FN5O2S/c1-25-12-8-23(9-12)16(24)14-15-13(2-3-26-15)21-17(22-14)20-6-10-4-11(18)7-19-5-10/h2-5,7,12H,6,8-9H2,1H3,(H,20,21,22). The number of amides is 1. The normalized spacial score (nSPS) is 14.5. The van der Waals surface area contributed by atoms with Gasteiger partial charge in [-0.05, 0) is 23.1 Å². The van der Waals surface area contributed by atoms with Crippen molar-refractivity contribution in [3.8, 4) is 0 Å². The molecule has 4 rings (SSSR count). The van der Waals surface area contributed by atoms with Crippen molar-refractivity contribution in [1.29, 1.82) is 0 Å². The Labute approximate surface area is 152 Å². The number of nitrogens with zero attached hydrogens (tertiary/aromatic N) is 4. The second-order valence-corrected chi connectivity index (χ2v) is 6.88. The fourth-order valence-electron chi connectivity index (χ4n) is 2.72. The molecule has 3 aromatic heterocycles. The van der Waals surface area contributed by atoms with Crippen LogP contribution in [-0.4, -0.2) is 52.1 Å². The summed E-state index contributed by atoms with van der Waals surface area (Å²) >= 11 is 1.43. The fraction of sp³-hybridized carbons (Fsp3) is 0.294. The van der Waals surface area contributed by atoms with E-state index in [1.807, 2.05) is 11.4 Å². The summed E-state index contributed by atoms with van der Waals surface area (Å²) in [7, 11) is 1.64. The second-order valence-electron chi connectivity index (χ2n) is 5.96. The van der Waals surface area contributed by atoms with Gasteiger partial charge in [-0.25, -0.2) is 14.4 Å². The Morgan fingerprint density at radius 3 is 3.04 bits per heavy atom. The lowest BCUT2D eigenvalue weighted by Gasteiger charge is -2.37. The van der Waals surface area contributed by atoms with Crippen LogP contribution in [0.4, 0.5) is 10.3 Å². The number of hydrogen-bond acceptors (Lipinski definition) is 7. The maximum absolute atomic E-state index is 13.2. The number of hydrogen-bond donors (Lipinski definition) is 1. The molecule has 0 atom stereocenters. The number of thiophene rings is 1. The predicted octanol–water partition coefficient (Wildman–Crippen LogP) is 2.31. The number of methoxy groups -OCH3 is 1. The van der Waals surface area contributed by atoms with Gasteiger partial charge in [-0.2, -0.15) is 0 Å². The topological polar surface area (TPSA) is 80.2 Å². The molecule has 0 bridgehead atoms. The van der Waals surface area contributed by atoms with Crippen molar-refractivity contribution < 1.29 is 13.9 Å². The predicted molar refractivity (Wildman–Crippen MR) is 95.6 cm³/mol. The third kappa shape index (κ3) is 3.23. The largest absolute Gasteiger partial charge is 0.378 e. The number of carbonyl (C=O) groups excluding carboxylic acids is 1. The Hall–Kier alpha value is -2.65. The molecule has 26 heavy (non-hydrogen) atoms. The average molecular weight is 373 g/mol. The summed E-state index contributed by atoms with van der Waals surface area (Å²) in [5.74, 6) is -0.212. The average Bonchev–Trinajstić information content (AvgIpc) is 3.07. The molecule has 4 heterocycles. The van der Waals surface area contributed by atoms with Crippen molar-refractivity contribution in [2.24, 2.45) is 0 Å². The van der Waals surface area contributed by atoms with Crippen LogP contribution >= 0.6 is 11.3 Å². The van der Waals surface area contributed by atoms with Crippen molar-refractivity contribution >= 4 is 33.4 Å². The van der Waals surface area contributed by atoms with E-state index in [9.17, 15) is 9.18 Å². The minimum absolute atomic E-state index is 0.0812. The molecule has 0 aliphatic carbocycles. The van der Waals surface area contributed by atoms with Crippen LogP contribution < -0.4 is 5.32 Å². The third-order valence-electron chi connectivity index (χ3n) is 4.19. The maximum Gasteiger partial charge on any atom is 0.274 e. The van der Waals surface area contributed by atoms with Gasteiger partial charge in [0.1, 0.15) is 5.82 Å². The molecule has 0 unspecified atom stereocenters. The summed E-state index contributed by atoms with van der Waals surface area (Å²) in [4.78, 5) is 27.1. The van der Waals surface area contributed by atoms with E-state index in [-0.39, 0.29) is 12.0 Å². The lowest BCUT2D eigenvalue weighted by Crippen LogP contribution is -2.54. The van der Waals surface area contributed by atoms with Gasteiger partial charge in [0, 0.05) is 32.9 Å². The molecule has 1 aliphatic heterocycles. The van der Waals surface area contributed by atoms with E-state index < -0.39 is 5.82 Å². The Kier molecular flexibility index (Phi) is 4.48. The number of aromatic nitrogens is 3. The van der Waals surface area contributed by atoms with Crippen LogP contribution in [0.15, 0.2) is 29.9 Å². The van der Waals surface area contributed by atoms with E-state index in [0.29, 0.717) is 42.4 Å². The Bertz CT molecular complexity index is 957. The number of anilines is 1. The highest BCUT2D eigenvalue weighted by Gasteiger charge is 2.33. The van der Waals surface area contributed by atoms with E-state index >= 15 is 0 Å². The number of carbonyl (C=O) groups is 1. The Morgan fingerprint density at radius 2 is 2.27 bits per heavy atom. The van der Waals surface area contributed by atoms with Crippen molar-refractivity contribution in [2.75, 3.05) is 25.5 Å². The molecule has 1 N–H and O–H groups in total. The zero-order chi connectivity index (χ0) is 18.1. The molecular weight excluding hydrogens is 357 g/mol. The molecule has 134 valence electrons. The highest BCUT2D eigenvalue weighted by Crippen LogP contribution is 2.26. The van der Waals surface area contributed by atoms with Crippen molar-refractivity contribution in [1.82, 2.24) is 19.9 Å². The number of fused-ring (bicyclic) bond motifs is 1. The van der Waals surface area contributed by atoms with Gasteiger partial charge < -0.3 is 15.0 Å². The summed E-state index contributed by atoms with van der Waals surface area (Å²) < 4.78 is 19.2. The molecule has 0 spiro atoms. The lowest BCUT2D eigenvalue weighted by atomic mass is 10.1. The second kappa shape index (κ2) is 6.93. The first-order valence-corrected chi connectivity index (χ1v) is 8.92. The summed E-state index contributed by atoms with van der Waals surface area (Å²) in [5.41, 5.74) is 1.74. The molecular formula is C17H16FN5O2S. The molecule has 0 saturated carbocycles. The molecule has 7 nitrogen and oxygen atoms in total. The van der Waals surface area contributed by atoms with Crippen molar-refractivity contribution in [3.05, 3.63) is 47.0 Å². The van der Waals surface area contributed by atoms with E-state index in [2.05, 4.69) is 20.3 Å². The van der Waals surface area contributed by atoms with E-state index in [1.165, 1.54) is 17.4 Å². The van der Waals surface area contributed by atoms with Gasteiger partial charge in [0.05, 0.1) is 22.5 Å². The number of likely N-dealkylation sites (tertiary alicyclic amines) is 1. The van der Waals surface area contributed by atoms with Gasteiger partial charge >= 0.3 is 0 Å². The first-order valence-electron chi connectivity index (χ1n) is 8.04. The first kappa shape index (κ1) is 16.8. The summed E-state index contributed by atoms with van der Waals surface area (Å²) in [5, 5.41) is 4.92. The van der Waals surface area contributed by atoms with E-state index in [4.69, 9.17) is 4.74 Å². The van der Waals surface area contributed by atoms with Crippen molar-refractivity contribution in [2.45, 2.75) is 12.6 Å². The number of nitrogens with one attached hydrogen (secondary N) is 1. The minimum atomic E-state index is -0.403. The minimum Gasteiger partial charge on any atom is -0.378 e. The van der Waals surface area contributed by atoms with Gasteiger partial charge in [0.25, 0.3) is 5.91 Å². The number of rotatable bonds is 5. The molecule has 1 aliphatic rings. The summed E-state index contributed by atoms with van der Waals surface area (Å²) in [6.45, 7) is 1.43. The van der Waals surface area contributed by atoms with Crippen LogP contribution in [0.2, 0.25) is 0 Å². The van der Waals surface area contributed by atoms with Gasteiger partial charge in [0.15, 0.2) is 5.69 Å². The quantitative estimate of drug-likeness (QED) is 0.739. The van der Waals surface area contributed by atoms with E-state index in [0.717, 1.165) is 10.9 Å².